The highest BCUT2D eigenvalue weighted by molar-refractivity contribution is 8.02. The van der Waals surface area contributed by atoms with Gasteiger partial charge in [0.25, 0.3) is 5.91 Å². The van der Waals surface area contributed by atoms with Crippen LogP contribution in [0.4, 0.5) is 0 Å². The highest BCUT2D eigenvalue weighted by atomic mass is 32.2. The lowest BCUT2D eigenvalue weighted by molar-refractivity contribution is -0.121. The summed E-state index contributed by atoms with van der Waals surface area (Å²) in [6.45, 7) is -0.477. The van der Waals surface area contributed by atoms with E-state index in [0.29, 0.717) is 16.9 Å². The van der Waals surface area contributed by atoms with Gasteiger partial charge in [0.15, 0.2) is 16.4 Å². The van der Waals surface area contributed by atoms with E-state index in [4.69, 9.17) is 10.5 Å². The van der Waals surface area contributed by atoms with Gasteiger partial charge in [-0.15, -0.1) is 11.8 Å². The van der Waals surface area contributed by atoms with Crippen molar-refractivity contribution in [3.8, 4) is 0 Å². The van der Waals surface area contributed by atoms with Gasteiger partial charge in [-0.1, -0.05) is 12.1 Å². The van der Waals surface area contributed by atoms with Gasteiger partial charge < -0.3 is 10.5 Å². The molecule has 8 heteroatoms. The molecule has 1 amide bonds. The van der Waals surface area contributed by atoms with Crippen molar-refractivity contribution < 1.29 is 22.7 Å². The Hall–Kier alpha value is -1.54. The van der Waals surface area contributed by atoms with Gasteiger partial charge in [-0.25, -0.2) is 13.2 Å². The molecule has 0 aliphatic carbocycles. The van der Waals surface area contributed by atoms with Crippen LogP contribution in [-0.2, 0) is 19.4 Å². The molecule has 2 N–H and O–H groups in total. The molecular formula is C13H15NO5S2. The number of nitrogens with two attached hydrogens (primary N) is 1. The van der Waals surface area contributed by atoms with Crippen LogP contribution in [0.15, 0.2) is 29.2 Å². The monoisotopic (exact) mass is 329 g/mol. The third kappa shape index (κ3) is 4.47. The van der Waals surface area contributed by atoms with Crippen LogP contribution in [0.2, 0.25) is 0 Å². The minimum atomic E-state index is -2.97. The van der Waals surface area contributed by atoms with Crippen LogP contribution >= 0.6 is 11.8 Å². The Balaban J connectivity index is 2.10. The van der Waals surface area contributed by atoms with Crippen LogP contribution < -0.4 is 5.73 Å². The smallest absolute Gasteiger partial charge is 0.339 e. The van der Waals surface area contributed by atoms with Crippen molar-refractivity contribution in [2.75, 3.05) is 18.1 Å². The highest BCUT2D eigenvalue weighted by Crippen LogP contribution is 2.33. The number of benzene rings is 1. The first kappa shape index (κ1) is 15.8. The van der Waals surface area contributed by atoms with E-state index < -0.39 is 28.3 Å². The molecule has 1 fully saturated rings. The molecule has 6 nitrogen and oxygen atoms in total. The number of hydrogen-bond acceptors (Lipinski definition) is 6. The Morgan fingerprint density at radius 1 is 1.33 bits per heavy atom. The topological polar surface area (TPSA) is 104 Å². The van der Waals surface area contributed by atoms with Crippen molar-refractivity contribution in [1.82, 2.24) is 0 Å². The molecule has 1 aliphatic rings. The van der Waals surface area contributed by atoms with E-state index >= 15 is 0 Å². The number of carbonyl (C=O) groups excluding carboxylic acids is 2. The number of ether oxygens (including phenoxy) is 1. The molecule has 0 radical (unpaired) electrons. The third-order valence-electron chi connectivity index (χ3n) is 2.94. The lowest BCUT2D eigenvalue weighted by Crippen LogP contribution is -2.21. The average molecular weight is 329 g/mol. The Kier molecular flexibility index (Phi) is 4.89. The van der Waals surface area contributed by atoms with Crippen LogP contribution in [0.1, 0.15) is 16.8 Å². The first-order chi connectivity index (χ1) is 9.87. The van der Waals surface area contributed by atoms with Crippen molar-refractivity contribution in [3.63, 3.8) is 0 Å². The summed E-state index contributed by atoms with van der Waals surface area (Å²) in [6.07, 6.45) is 0.567. The molecule has 21 heavy (non-hydrogen) atoms. The Morgan fingerprint density at radius 3 is 2.67 bits per heavy atom. The van der Waals surface area contributed by atoms with E-state index in [2.05, 4.69) is 0 Å². The van der Waals surface area contributed by atoms with Crippen molar-refractivity contribution in [2.24, 2.45) is 5.73 Å². The quantitative estimate of drug-likeness (QED) is 0.794. The minimum absolute atomic E-state index is 0.0694. The molecule has 2 rings (SSSR count). The van der Waals surface area contributed by atoms with Crippen LogP contribution in [0.3, 0.4) is 0 Å². The van der Waals surface area contributed by atoms with Crippen molar-refractivity contribution in [3.05, 3.63) is 29.8 Å². The second kappa shape index (κ2) is 6.48. The number of primary amides is 1. The largest absolute Gasteiger partial charge is 0.452 e. The number of amides is 1. The lowest BCUT2D eigenvalue weighted by Gasteiger charge is -2.11. The molecule has 0 aromatic heterocycles. The molecule has 1 saturated heterocycles. The Bertz CT molecular complexity index is 656. The molecule has 1 aromatic carbocycles. The number of thioether (sulfide) groups is 1. The number of sulfone groups is 1. The van der Waals surface area contributed by atoms with Crippen molar-refractivity contribution in [2.45, 2.75) is 16.6 Å². The molecule has 0 saturated carbocycles. The van der Waals surface area contributed by atoms with Crippen LogP contribution in [0.5, 0.6) is 0 Å². The van der Waals surface area contributed by atoms with Crippen molar-refractivity contribution in [1.29, 1.82) is 0 Å². The minimum Gasteiger partial charge on any atom is -0.452 e. The molecule has 1 heterocycles. The number of rotatable bonds is 5. The molecule has 0 spiro atoms. The fourth-order valence-electron chi connectivity index (χ4n) is 1.99. The molecule has 0 bridgehead atoms. The molecule has 1 aliphatic heterocycles. The van der Waals surface area contributed by atoms with Gasteiger partial charge >= 0.3 is 5.97 Å². The summed E-state index contributed by atoms with van der Waals surface area (Å²) >= 11 is 1.35. The average Bonchev–Trinajstić information content (AvgIpc) is 2.76. The zero-order chi connectivity index (χ0) is 15.5. The maximum atomic E-state index is 11.9. The second-order valence-corrected chi connectivity index (χ2v) is 8.25. The SMILES string of the molecule is NC(=O)COC(=O)c1ccccc1S[C@@H]1CCS(=O)(=O)C1. The Labute approximate surface area is 127 Å². The maximum absolute atomic E-state index is 11.9. The summed E-state index contributed by atoms with van der Waals surface area (Å²) in [4.78, 5) is 23.2. The van der Waals surface area contributed by atoms with E-state index in [1.165, 1.54) is 11.8 Å². The van der Waals surface area contributed by atoms with Gasteiger partial charge in [-0.2, -0.15) is 0 Å². The zero-order valence-electron chi connectivity index (χ0n) is 11.2. The first-order valence-electron chi connectivity index (χ1n) is 6.29. The summed E-state index contributed by atoms with van der Waals surface area (Å²) in [5.41, 5.74) is 5.24. The number of carbonyl (C=O) groups is 2. The second-order valence-electron chi connectivity index (χ2n) is 4.68. The predicted molar refractivity (Wildman–Crippen MR) is 78.8 cm³/mol. The van der Waals surface area contributed by atoms with E-state index in [-0.39, 0.29) is 16.8 Å². The fraction of sp³-hybridized carbons (Fsp3) is 0.385. The van der Waals surface area contributed by atoms with Gasteiger partial charge in [0, 0.05) is 10.1 Å². The van der Waals surface area contributed by atoms with Crippen LogP contribution in [-0.4, -0.2) is 43.7 Å². The molecular weight excluding hydrogens is 314 g/mol. The van der Waals surface area contributed by atoms with Gasteiger partial charge in [-0.05, 0) is 18.6 Å². The maximum Gasteiger partial charge on any atom is 0.339 e. The highest BCUT2D eigenvalue weighted by Gasteiger charge is 2.29. The summed E-state index contributed by atoms with van der Waals surface area (Å²) < 4.78 is 27.7. The van der Waals surface area contributed by atoms with Gasteiger partial charge in [0.2, 0.25) is 0 Å². The number of hydrogen-bond donors (Lipinski definition) is 1. The van der Waals surface area contributed by atoms with E-state index in [9.17, 15) is 18.0 Å². The van der Waals surface area contributed by atoms with Gasteiger partial charge in [-0.3, -0.25) is 4.79 Å². The molecule has 1 atom stereocenters. The summed E-state index contributed by atoms with van der Waals surface area (Å²) in [5, 5.41) is -0.0694. The Morgan fingerprint density at radius 2 is 2.05 bits per heavy atom. The summed E-state index contributed by atoms with van der Waals surface area (Å²) in [6, 6.07) is 6.75. The van der Waals surface area contributed by atoms with Crippen molar-refractivity contribution >= 4 is 33.5 Å². The lowest BCUT2D eigenvalue weighted by atomic mass is 10.2. The number of esters is 1. The van der Waals surface area contributed by atoms with E-state index in [1.54, 1.807) is 24.3 Å². The van der Waals surface area contributed by atoms with E-state index in [0.717, 1.165) is 0 Å². The van der Waals surface area contributed by atoms with E-state index in [1.807, 2.05) is 0 Å². The zero-order valence-corrected chi connectivity index (χ0v) is 12.8. The van der Waals surface area contributed by atoms with Gasteiger partial charge in [0.05, 0.1) is 17.1 Å². The summed E-state index contributed by atoms with van der Waals surface area (Å²) in [7, 11) is -2.97. The third-order valence-corrected chi connectivity index (χ3v) is 6.26. The van der Waals surface area contributed by atoms with Crippen LogP contribution in [0, 0.1) is 0 Å². The normalized spacial score (nSPS) is 20.1. The fourth-order valence-corrected chi connectivity index (χ4v) is 5.60. The van der Waals surface area contributed by atoms with Crippen LogP contribution in [0.25, 0.3) is 0 Å². The molecule has 0 unspecified atom stereocenters. The standard InChI is InChI=1S/C13H15NO5S2/c14-12(15)7-19-13(16)10-3-1-2-4-11(10)20-9-5-6-21(17,18)8-9/h1-4,9H,5-8H2,(H2,14,15)/t9-/m1/s1. The molecule has 114 valence electrons. The first-order valence-corrected chi connectivity index (χ1v) is 8.99. The molecule has 1 aromatic rings. The predicted octanol–water partition coefficient (Wildman–Crippen LogP) is 0.608. The van der Waals surface area contributed by atoms with Gasteiger partial charge in [0.1, 0.15) is 0 Å². The summed E-state index contributed by atoms with van der Waals surface area (Å²) in [5.74, 6) is -1.07.